The van der Waals surface area contributed by atoms with E-state index < -0.39 is 5.82 Å². The molecule has 0 unspecified atom stereocenters. The second-order valence-electron chi connectivity index (χ2n) is 6.92. The van der Waals surface area contributed by atoms with E-state index in [0.717, 1.165) is 17.9 Å². The Labute approximate surface area is 170 Å². The summed E-state index contributed by atoms with van der Waals surface area (Å²) in [6.45, 7) is 1.80. The van der Waals surface area contributed by atoms with Gasteiger partial charge in [-0.25, -0.2) is 14.4 Å². The number of fused-ring (bicyclic) bond motifs is 1. The van der Waals surface area contributed by atoms with Gasteiger partial charge in [0.2, 0.25) is 0 Å². The first-order chi connectivity index (χ1) is 13.5. The Bertz CT molecular complexity index is 1120. The number of hydrogen-bond acceptors (Lipinski definition) is 6. The summed E-state index contributed by atoms with van der Waals surface area (Å²) in [6, 6.07) is 3.49. The van der Waals surface area contributed by atoms with E-state index >= 15 is 0 Å². The van der Waals surface area contributed by atoms with Gasteiger partial charge in [-0.15, -0.1) is 0 Å². The van der Waals surface area contributed by atoms with Crippen molar-refractivity contribution in [3.05, 3.63) is 51.4 Å². The number of nitrogens with zero attached hydrogens (tertiary/aromatic N) is 3. The van der Waals surface area contributed by atoms with Crippen LogP contribution in [0, 0.1) is 18.7 Å². The van der Waals surface area contributed by atoms with Gasteiger partial charge in [0.25, 0.3) is 5.56 Å². The number of hydrogen-bond donors (Lipinski definition) is 2. The molecule has 1 aromatic carbocycles. The molecule has 0 bridgehead atoms. The first kappa shape index (κ1) is 19.0. The molecule has 2 heterocycles. The number of aryl methyl sites for hydroxylation is 2. The SMILES string of the molecule is Cc1c(Nc2c(F)cnc(NSCC3CC3)c2Cl)ccc2ncn(C)c(=O)c12. The highest BCUT2D eigenvalue weighted by Gasteiger charge is 2.22. The Morgan fingerprint density at radius 3 is 2.89 bits per heavy atom. The van der Waals surface area contributed by atoms with E-state index in [1.54, 1.807) is 26.1 Å². The summed E-state index contributed by atoms with van der Waals surface area (Å²) < 4.78 is 19.0. The number of rotatable bonds is 6. The summed E-state index contributed by atoms with van der Waals surface area (Å²) in [6.07, 6.45) is 5.11. The largest absolute Gasteiger partial charge is 0.352 e. The molecule has 146 valence electrons. The molecule has 9 heteroatoms. The zero-order chi connectivity index (χ0) is 19.8. The molecule has 4 rings (SSSR count). The maximum Gasteiger partial charge on any atom is 0.261 e. The molecule has 1 fully saturated rings. The van der Waals surface area contributed by atoms with Crippen molar-refractivity contribution in [3.63, 3.8) is 0 Å². The van der Waals surface area contributed by atoms with Crippen molar-refractivity contribution in [2.45, 2.75) is 19.8 Å². The fourth-order valence-corrected chi connectivity index (χ4v) is 4.12. The molecule has 0 saturated heterocycles. The third kappa shape index (κ3) is 3.66. The van der Waals surface area contributed by atoms with Crippen molar-refractivity contribution in [2.75, 3.05) is 15.8 Å². The monoisotopic (exact) mass is 419 g/mol. The van der Waals surface area contributed by atoms with E-state index in [-0.39, 0.29) is 16.3 Å². The quantitative estimate of drug-likeness (QED) is 0.567. The average Bonchev–Trinajstić information content (AvgIpc) is 3.49. The maximum atomic E-state index is 14.4. The molecule has 3 aromatic rings. The van der Waals surface area contributed by atoms with Crippen molar-refractivity contribution in [1.29, 1.82) is 0 Å². The van der Waals surface area contributed by atoms with Gasteiger partial charge in [-0.3, -0.25) is 4.79 Å². The molecule has 2 aromatic heterocycles. The highest BCUT2D eigenvalue weighted by Crippen LogP contribution is 2.37. The van der Waals surface area contributed by atoms with Crippen LogP contribution >= 0.6 is 23.5 Å². The first-order valence-electron chi connectivity index (χ1n) is 8.89. The molecular weight excluding hydrogens is 401 g/mol. The molecular formula is C19H19ClFN5OS. The molecule has 1 aliphatic carbocycles. The standard InChI is InChI=1S/C19H19ClFN5OS/c1-10-13(5-6-14-15(10)19(27)26(2)9-23-14)24-17-12(21)7-22-18(16(17)20)25-28-8-11-3-4-11/h5-7,9,11H,3-4,8H2,1-2H3,(H2,22,24,25). The van der Waals surface area contributed by atoms with Crippen molar-refractivity contribution < 1.29 is 4.39 Å². The van der Waals surface area contributed by atoms with Crippen LogP contribution in [0.5, 0.6) is 0 Å². The van der Waals surface area contributed by atoms with Crippen LogP contribution in [0.3, 0.4) is 0 Å². The van der Waals surface area contributed by atoms with Crippen molar-refractivity contribution in [3.8, 4) is 0 Å². The van der Waals surface area contributed by atoms with Gasteiger partial charge in [-0.2, -0.15) is 0 Å². The summed E-state index contributed by atoms with van der Waals surface area (Å²) in [5, 5.41) is 3.68. The van der Waals surface area contributed by atoms with E-state index in [4.69, 9.17) is 11.6 Å². The third-order valence-electron chi connectivity index (χ3n) is 4.76. The zero-order valence-corrected chi connectivity index (χ0v) is 17.0. The molecule has 0 spiro atoms. The first-order valence-corrected chi connectivity index (χ1v) is 10.3. The van der Waals surface area contributed by atoms with Gasteiger partial charge in [-0.1, -0.05) is 23.5 Å². The minimum atomic E-state index is -0.568. The van der Waals surface area contributed by atoms with Gasteiger partial charge in [-0.05, 0) is 43.4 Å². The lowest BCUT2D eigenvalue weighted by Gasteiger charge is -2.15. The van der Waals surface area contributed by atoms with Crippen molar-refractivity contribution in [2.24, 2.45) is 13.0 Å². The van der Waals surface area contributed by atoms with Crippen LogP contribution in [-0.4, -0.2) is 20.3 Å². The lowest BCUT2D eigenvalue weighted by Crippen LogP contribution is -2.18. The summed E-state index contributed by atoms with van der Waals surface area (Å²) in [5.41, 5.74) is 1.81. The predicted molar refractivity (Wildman–Crippen MR) is 113 cm³/mol. The second kappa shape index (κ2) is 7.60. The van der Waals surface area contributed by atoms with E-state index in [1.165, 1.54) is 35.7 Å². The molecule has 0 atom stereocenters. The molecule has 1 aliphatic rings. The van der Waals surface area contributed by atoms with E-state index in [0.29, 0.717) is 28.0 Å². The van der Waals surface area contributed by atoms with Gasteiger partial charge in [0, 0.05) is 18.5 Å². The highest BCUT2D eigenvalue weighted by atomic mass is 35.5. The normalized spacial score (nSPS) is 13.7. The zero-order valence-electron chi connectivity index (χ0n) is 15.4. The van der Waals surface area contributed by atoms with Crippen LogP contribution in [0.4, 0.5) is 21.6 Å². The van der Waals surface area contributed by atoms with Gasteiger partial charge in [0.15, 0.2) is 11.6 Å². The topological polar surface area (TPSA) is 71.8 Å². The molecule has 1 saturated carbocycles. The van der Waals surface area contributed by atoms with Gasteiger partial charge in [0.1, 0.15) is 5.02 Å². The van der Waals surface area contributed by atoms with Crippen LogP contribution in [0.2, 0.25) is 5.02 Å². The van der Waals surface area contributed by atoms with Crippen LogP contribution in [0.25, 0.3) is 10.9 Å². The van der Waals surface area contributed by atoms with E-state index in [1.807, 2.05) is 0 Å². The number of halogens is 2. The molecule has 0 amide bonds. The Morgan fingerprint density at radius 2 is 2.14 bits per heavy atom. The lowest BCUT2D eigenvalue weighted by atomic mass is 10.1. The van der Waals surface area contributed by atoms with E-state index in [2.05, 4.69) is 20.0 Å². The highest BCUT2D eigenvalue weighted by molar-refractivity contribution is 8.00. The second-order valence-corrected chi connectivity index (χ2v) is 8.12. The summed E-state index contributed by atoms with van der Waals surface area (Å²) in [4.78, 5) is 20.8. The number of pyridine rings is 1. The minimum Gasteiger partial charge on any atom is -0.352 e. The smallest absolute Gasteiger partial charge is 0.261 e. The van der Waals surface area contributed by atoms with Crippen molar-refractivity contribution in [1.82, 2.24) is 14.5 Å². The molecule has 6 nitrogen and oxygen atoms in total. The third-order valence-corrected chi connectivity index (χ3v) is 6.11. The van der Waals surface area contributed by atoms with Crippen LogP contribution in [0.15, 0.2) is 29.5 Å². The minimum absolute atomic E-state index is 0.120. The molecule has 0 aliphatic heterocycles. The summed E-state index contributed by atoms with van der Waals surface area (Å²) >= 11 is 7.92. The Balaban J connectivity index is 1.67. The Morgan fingerprint density at radius 1 is 1.36 bits per heavy atom. The van der Waals surface area contributed by atoms with Crippen molar-refractivity contribution >= 4 is 51.6 Å². The average molecular weight is 420 g/mol. The van der Waals surface area contributed by atoms with E-state index in [9.17, 15) is 9.18 Å². The van der Waals surface area contributed by atoms with Crippen LogP contribution in [-0.2, 0) is 7.05 Å². The van der Waals surface area contributed by atoms with Gasteiger partial charge in [0.05, 0.1) is 29.1 Å². The summed E-state index contributed by atoms with van der Waals surface area (Å²) in [5.74, 6) is 1.55. The number of benzene rings is 1. The van der Waals surface area contributed by atoms with Crippen LogP contribution < -0.4 is 15.6 Å². The Hall–Kier alpha value is -2.32. The molecule has 28 heavy (non-hydrogen) atoms. The number of anilines is 3. The van der Waals surface area contributed by atoms with Gasteiger partial charge >= 0.3 is 0 Å². The predicted octanol–water partition coefficient (Wildman–Crippen LogP) is 4.64. The molecule has 2 N–H and O–H groups in total. The number of aromatic nitrogens is 3. The fraction of sp³-hybridized carbons (Fsp3) is 0.316. The lowest BCUT2D eigenvalue weighted by molar-refractivity contribution is 0.626. The maximum absolute atomic E-state index is 14.4. The fourth-order valence-electron chi connectivity index (χ4n) is 2.89. The molecule has 0 radical (unpaired) electrons. The summed E-state index contributed by atoms with van der Waals surface area (Å²) in [7, 11) is 1.64. The number of nitrogens with one attached hydrogen (secondary N) is 2. The Kier molecular flexibility index (Phi) is 5.16. The van der Waals surface area contributed by atoms with Gasteiger partial charge < -0.3 is 14.6 Å². The van der Waals surface area contributed by atoms with Crippen LogP contribution in [0.1, 0.15) is 18.4 Å².